The molecule has 0 bridgehead atoms. The van der Waals surface area contributed by atoms with E-state index in [0.717, 1.165) is 11.3 Å². The van der Waals surface area contributed by atoms with Crippen LogP contribution in [-0.2, 0) is 9.53 Å². The van der Waals surface area contributed by atoms with Crippen molar-refractivity contribution in [3.05, 3.63) is 110 Å². The number of hydrogen-bond donors (Lipinski definition) is 0. The molecule has 1 atom stereocenters. The van der Waals surface area contributed by atoms with E-state index >= 15 is 0 Å². The number of rotatable bonds is 7. The summed E-state index contributed by atoms with van der Waals surface area (Å²) in [7, 11) is 1.52. The minimum atomic E-state index is -0.832. The number of benzene rings is 2. The normalized spacial score (nSPS) is 15.0. The monoisotopic (exact) mass is 657 g/mol. The molecule has 13 heteroatoms. The lowest BCUT2D eigenvalue weighted by Gasteiger charge is -2.25. The van der Waals surface area contributed by atoms with Gasteiger partial charge in [0.05, 0.1) is 39.5 Å². The summed E-state index contributed by atoms with van der Waals surface area (Å²) >= 11 is 10.5. The molecule has 0 amide bonds. The highest BCUT2D eigenvalue weighted by atomic mass is 79.9. The Labute approximate surface area is 250 Å². The van der Waals surface area contributed by atoms with Gasteiger partial charge in [0.25, 0.3) is 11.2 Å². The third-order valence-electron chi connectivity index (χ3n) is 6.34. The second-order valence-corrected chi connectivity index (χ2v) is 11.0. The Morgan fingerprint density at radius 3 is 2.76 bits per heavy atom. The van der Waals surface area contributed by atoms with Crippen LogP contribution in [0.4, 0.5) is 5.69 Å². The summed E-state index contributed by atoms with van der Waals surface area (Å²) < 4.78 is 18.8. The zero-order valence-electron chi connectivity index (χ0n) is 21.8. The number of carbonyl (C=O) groups is 1. The molecule has 0 spiro atoms. The van der Waals surface area contributed by atoms with Crippen LogP contribution in [-0.4, -0.2) is 29.2 Å². The van der Waals surface area contributed by atoms with Crippen molar-refractivity contribution in [2.45, 2.75) is 19.9 Å². The number of carbonyl (C=O) groups excluding carboxylic acids is 1. The van der Waals surface area contributed by atoms with Gasteiger partial charge < -0.3 is 13.9 Å². The molecular formula is C28H21BrClN3O7S. The van der Waals surface area contributed by atoms with Crippen molar-refractivity contribution in [1.29, 1.82) is 0 Å². The molecule has 5 rings (SSSR count). The number of aromatic nitrogens is 1. The van der Waals surface area contributed by atoms with Crippen molar-refractivity contribution < 1.29 is 23.6 Å². The molecule has 4 aromatic rings. The predicted octanol–water partition coefficient (Wildman–Crippen LogP) is 5.39. The fraction of sp³-hybridized carbons (Fsp3) is 0.179. The van der Waals surface area contributed by atoms with Crippen LogP contribution in [0.2, 0.25) is 5.02 Å². The van der Waals surface area contributed by atoms with Crippen LogP contribution in [0.3, 0.4) is 0 Å². The van der Waals surface area contributed by atoms with Crippen LogP contribution in [0.25, 0.3) is 17.4 Å². The highest BCUT2D eigenvalue weighted by molar-refractivity contribution is 9.10. The Morgan fingerprint density at radius 2 is 2.05 bits per heavy atom. The molecule has 0 radical (unpaired) electrons. The number of thiazole rings is 1. The maximum absolute atomic E-state index is 13.8. The highest BCUT2D eigenvalue weighted by Gasteiger charge is 2.35. The molecule has 0 saturated heterocycles. The first-order chi connectivity index (χ1) is 19.6. The number of nitro groups is 1. The largest absolute Gasteiger partial charge is 0.496 e. The Kier molecular flexibility index (Phi) is 7.98. The maximum atomic E-state index is 13.8. The predicted molar refractivity (Wildman–Crippen MR) is 157 cm³/mol. The van der Waals surface area contributed by atoms with Gasteiger partial charge in [0.1, 0.15) is 27.8 Å². The topological polar surface area (TPSA) is 126 Å². The van der Waals surface area contributed by atoms with Gasteiger partial charge in [0, 0.05) is 23.3 Å². The van der Waals surface area contributed by atoms with Crippen LogP contribution < -0.4 is 19.6 Å². The number of methoxy groups -OCH3 is 1. The third-order valence-corrected chi connectivity index (χ3v) is 8.68. The molecule has 10 nitrogen and oxygen atoms in total. The Bertz CT molecular complexity index is 1920. The van der Waals surface area contributed by atoms with Gasteiger partial charge in [-0.15, -0.1) is 0 Å². The number of fused-ring (bicyclic) bond motifs is 1. The lowest BCUT2D eigenvalue weighted by molar-refractivity contribution is -0.385. The molecular weight excluding hydrogens is 638 g/mol. The first-order valence-corrected chi connectivity index (χ1v) is 14.2. The van der Waals surface area contributed by atoms with E-state index in [-0.39, 0.29) is 32.9 Å². The van der Waals surface area contributed by atoms with Crippen molar-refractivity contribution in [3.8, 4) is 17.1 Å². The van der Waals surface area contributed by atoms with Gasteiger partial charge in [-0.1, -0.05) is 41.1 Å². The number of nitro benzene ring substituents is 1. The standard InChI is InChI=1S/C28H21BrClN3O7S/c1-4-39-27(35)23-14(2)31-28-32(25(23)17-7-5-6-8-21(17)38-3)26(34)22(41-28)13-16-9-10-20(40-16)15-11-18(30)24(29)19(12-15)33(36)37/h5-13,25H,4H2,1-3H3/b22-13-/t25-/m1/s1. The Hall–Kier alpha value is -4.00. The maximum Gasteiger partial charge on any atom is 0.338 e. The van der Waals surface area contributed by atoms with Crippen molar-refractivity contribution in [1.82, 2.24) is 4.57 Å². The van der Waals surface area contributed by atoms with Crippen LogP contribution in [0.5, 0.6) is 5.75 Å². The molecule has 2 aromatic heterocycles. The van der Waals surface area contributed by atoms with Gasteiger partial charge in [0.2, 0.25) is 0 Å². The molecule has 0 saturated carbocycles. The molecule has 1 aliphatic heterocycles. The fourth-order valence-electron chi connectivity index (χ4n) is 4.54. The Balaban J connectivity index is 1.64. The van der Waals surface area contributed by atoms with E-state index in [1.165, 1.54) is 17.7 Å². The van der Waals surface area contributed by atoms with Crippen LogP contribution in [0.15, 0.2) is 78.5 Å². The molecule has 0 fully saturated rings. The average molecular weight is 659 g/mol. The van der Waals surface area contributed by atoms with Crippen molar-refractivity contribution in [2.24, 2.45) is 4.99 Å². The summed E-state index contributed by atoms with van der Waals surface area (Å²) in [6.07, 6.45) is 1.56. The van der Waals surface area contributed by atoms with Gasteiger partial charge in [-0.3, -0.25) is 19.5 Å². The van der Waals surface area contributed by atoms with Gasteiger partial charge in [-0.05, 0) is 54.0 Å². The smallest absolute Gasteiger partial charge is 0.338 e. The van der Waals surface area contributed by atoms with Gasteiger partial charge in [-0.25, -0.2) is 9.79 Å². The number of hydrogen-bond acceptors (Lipinski definition) is 9. The van der Waals surface area contributed by atoms with Gasteiger partial charge in [-0.2, -0.15) is 0 Å². The van der Waals surface area contributed by atoms with E-state index in [4.69, 9.17) is 25.5 Å². The number of ether oxygens (including phenoxy) is 2. The lowest BCUT2D eigenvalue weighted by Crippen LogP contribution is -2.40. The summed E-state index contributed by atoms with van der Waals surface area (Å²) in [4.78, 5) is 42.8. The zero-order valence-corrected chi connectivity index (χ0v) is 25.0. The van der Waals surface area contributed by atoms with E-state index < -0.39 is 16.9 Å². The quantitative estimate of drug-likeness (QED) is 0.148. The summed E-state index contributed by atoms with van der Waals surface area (Å²) in [5, 5.41) is 11.6. The van der Waals surface area contributed by atoms with Crippen molar-refractivity contribution in [2.75, 3.05) is 13.7 Å². The van der Waals surface area contributed by atoms with E-state index in [2.05, 4.69) is 20.9 Å². The number of halogens is 2. The zero-order chi connectivity index (χ0) is 29.4. The number of esters is 1. The van der Waals surface area contributed by atoms with E-state index in [1.54, 1.807) is 62.4 Å². The molecule has 1 aliphatic rings. The first-order valence-electron chi connectivity index (χ1n) is 12.2. The van der Waals surface area contributed by atoms with Crippen molar-refractivity contribution >= 4 is 56.6 Å². The van der Waals surface area contributed by atoms with Gasteiger partial charge in [0.15, 0.2) is 4.80 Å². The molecule has 2 aromatic carbocycles. The number of furan rings is 1. The van der Waals surface area contributed by atoms with E-state index in [9.17, 15) is 19.7 Å². The number of para-hydroxylation sites is 1. The number of allylic oxidation sites excluding steroid dienone is 1. The summed E-state index contributed by atoms with van der Waals surface area (Å²) in [5.41, 5.74) is 1.08. The van der Waals surface area contributed by atoms with E-state index in [1.807, 2.05) is 0 Å². The molecule has 41 heavy (non-hydrogen) atoms. The van der Waals surface area contributed by atoms with E-state index in [0.29, 0.717) is 43.4 Å². The van der Waals surface area contributed by atoms with Gasteiger partial charge >= 0.3 is 5.97 Å². The second kappa shape index (κ2) is 11.5. The molecule has 3 heterocycles. The SMILES string of the molecule is CCOC(=O)C1=C(C)N=c2s/c(=C\c3ccc(-c4cc(Cl)c(Br)c([N+](=O)[O-])c4)o3)c(=O)n2[C@@H]1c1ccccc1OC. The van der Waals surface area contributed by atoms with Crippen LogP contribution >= 0.6 is 38.9 Å². The minimum absolute atomic E-state index is 0.157. The first kappa shape index (κ1) is 28.5. The summed E-state index contributed by atoms with van der Waals surface area (Å²) in [6, 6.07) is 12.5. The number of nitrogens with zero attached hydrogens (tertiary/aromatic N) is 3. The fourth-order valence-corrected chi connectivity index (χ4v) is 6.16. The average Bonchev–Trinajstić information content (AvgIpc) is 3.53. The Morgan fingerprint density at radius 1 is 1.29 bits per heavy atom. The van der Waals surface area contributed by atoms with Crippen LogP contribution in [0.1, 0.15) is 31.2 Å². The summed E-state index contributed by atoms with van der Waals surface area (Å²) in [6.45, 7) is 3.57. The second-order valence-electron chi connectivity index (χ2n) is 8.79. The van der Waals surface area contributed by atoms with Crippen molar-refractivity contribution in [3.63, 3.8) is 0 Å². The van der Waals surface area contributed by atoms with Crippen LogP contribution in [0, 0.1) is 10.1 Å². The molecule has 0 N–H and O–H groups in total. The molecule has 0 unspecified atom stereocenters. The summed E-state index contributed by atoms with van der Waals surface area (Å²) in [5.74, 6) is 0.592. The third kappa shape index (κ3) is 5.25. The lowest BCUT2D eigenvalue weighted by atomic mass is 9.95. The molecule has 0 aliphatic carbocycles. The molecule has 210 valence electrons. The highest BCUT2D eigenvalue weighted by Crippen LogP contribution is 2.38. The minimum Gasteiger partial charge on any atom is -0.496 e.